The van der Waals surface area contributed by atoms with Crippen LogP contribution >= 0.6 is 0 Å². The molecule has 1 heterocycles. The maximum atomic E-state index is 12.3. The molecule has 122 valence electrons. The first-order chi connectivity index (χ1) is 9.84. The Balaban J connectivity index is 2.29. The van der Waals surface area contributed by atoms with Gasteiger partial charge in [0.15, 0.2) is 0 Å². The van der Waals surface area contributed by atoms with Gasteiger partial charge >= 0.3 is 0 Å². The molecule has 1 saturated heterocycles. The smallest absolute Gasteiger partial charge is 0.294 e. The lowest BCUT2D eigenvalue weighted by molar-refractivity contribution is -0.757. The first-order valence-corrected chi connectivity index (χ1v) is 7.61. The van der Waals surface area contributed by atoms with Crippen LogP contribution in [0, 0.1) is 15.5 Å². The Morgan fingerprint density at radius 3 is 2.43 bits per heavy atom. The van der Waals surface area contributed by atoms with E-state index in [9.17, 15) is 14.9 Å². The van der Waals surface area contributed by atoms with Gasteiger partial charge < -0.3 is 9.74 Å². The first-order valence-electron chi connectivity index (χ1n) is 7.61. The Bertz CT molecular complexity index is 352. The standard InChI is InChI=1S/C14H27N3O4/c1-4-5-14(2,3)12-13(18)16-8-6-15(7-9-16)10-11-21-17(19)20/h4-12H2,1-3H3. The first kappa shape index (κ1) is 17.7. The van der Waals surface area contributed by atoms with E-state index in [1.54, 1.807) is 0 Å². The van der Waals surface area contributed by atoms with Gasteiger partial charge in [-0.05, 0) is 11.8 Å². The van der Waals surface area contributed by atoms with E-state index in [0.717, 1.165) is 25.9 Å². The molecule has 21 heavy (non-hydrogen) atoms. The summed E-state index contributed by atoms with van der Waals surface area (Å²) in [5.41, 5.74) is 0.0581. The van der Waals surface area contributed by atoms with Gasteiger partial charge in [0.2, 0.25) is 5.91 Å². The molecule has 1 aliphatic rings. The Kier molecular flexibility index (Phi) is 6.87. The van der Waals surface area contributed by atoms with Gasteiger partial charge in [0.25, 0.3) is 5.09 Å². The highest BCUT2D eigenvalue weighted by atomic mass is 16.9. The minimum Gasteiger partial charge on any atom is -0.340 e. The number of carbonyl (C=O) groups excluding carboxylic acids is 1. The van der Waals surface area contributed by atoms with Gasteiger partial charge in [-0.2, -0.15) is 0 Å². The number of hydrogen-bond donors (Lipinski definition) is 0. The Hall–Kier alpha value is -1.37. The van der Waals surface area contributed by atoms with Crippen LogP contribution in [0.15, 0.2) is 0 Å². The van der Waals surface area contributed by atoms with Crippen molar-refractivity contribution in [2.24, 2.45) is 5.41 Å². The molecule has 0 bridgehead atoms. The van der Waals surface area contributed by atoms with E-state index in [1.807, 2.05) is 4.90 Å². The summed E-state index contributed by atoms with van der Waals surface area (Å²) in [7, 11) is 0. The lowest BCUT2D eigenvalue weighted by atomic mass is 9.84. The van der Waals surface area contributed by atoms with Gasteiger partial charge in [0, 0.05) is 39.1 Å². The molecule has 1 fully saturated rings. The molecule has 0 spiro atoms. The largest absolute Gasteiger partial charge is 0.340 e. The van der Waals surface area contributed by atoms with Crippen molar-refractivity contribution in [3.63, 3.8) is 0 Å². The third-order valence-corrected chi connectivity index (χ3v) is 3.89. The summed E-state index contributed by atoms with van der Waals surface area (Å²) in [5.74, 6) is 0.217. The van der Waals surface area contributed by atoms with Crippen molar-refractivity contribution in [3.05, 3.63) is 10.1 Å². The number of hydrogen-bond acceptors (Lipinski definition) is 5. The number of nitrogens with zero attached hydrogens (tertiary/aromatic N) is 3. The van der Waals surface area contributed by atoms with Gasteiger partial charge in [-0.1, -0.05) is 27.2 Å². The van der Waals surface area contributed by atoms with E-state index >= 15 is 0 Å². The minimum absolute atomic E-state index is 0.0581. The molecule has 1 rings (SSSR count). The zero-order chi connectivity index (χ0) is 15.9. The molecule has 0 aromatic heterocycles. The fraction of sp³-hybridized carbons (Fsp3) is 0.929. The molecular formula is C14H27N3O4. The second kappa shape index (κ2) is 8.17. The number of carbonyl (C=O) groups is 1. The Morgan fingerprint density at radius 1 is 1.29 bits per heavy atom. The lowest BCUT2D eigenvalue weighted by Crippen LogP contribution is -2.50. The average Bonchev–Trinajstić information content (AvgIpc) is 2.38. The molecule has 0 atom stereocenters. The molecular weight excluding hydrogens is 274 g/mol. The molecule has 7 nitrogen and oxygen atoms in total. The average molecular weight is 301 g/mol. The van der Waals surface area contributed by atoms with Crippen molar-refractivity contribution in [2.45, 2.75) is 40.0 Å². The molecule has 0 unspecified atom stereocenters. The van der Waals surface area contributed by atoms with Crippen molar-refractivity contribution >= 4 is 5.91 Å². The van der Waals surface area contributed by atoms with Crippen LogP contribution in [0.3, 0.4) is 0 Å². The van der Waals surface area contributed by atoms with E-state index in [1.165, 1.54) is 0 Å². The summed E-state index contributed by atoms with van der Waals surface area (Å²) in [5, 5.41) is 9.31. The Labute approximate surface area is 126 Å². The van der Waals surface area contributed by atoms with Crippen LogP contribution in [0.2, 0.25) is 0 Å². The highest BCUT2D eigenvalue weighted by molar-refractivity contribution is 5.77. The van der Waals surface area contributed by atoms with E-state index in [0.29, 0.717) is 26.1 Å². The summed E-state index contributed by atoms with van der Waals surface area (Å²) in [6.45, 7) is 9.92. The third kappa shape index (κ3) is 6.75. The Morgan fingerprint density at radius 2 is 1.90 bits per heavy atom. The molecule has 0 saturated carbocycles. The van der Waals surface area contributed by atoms with Gasteiger partial charge in [-0.3, -0.25) is 9.69 Å². The van der Waals surface area contributed by atoms with E-state index in [-0.39, 0.29) is 17.9 Å². The van der Waals surface area contributed by atoms with Gasteiger partial charge in [-0.15, -0.1) is 10.1 Å². The SMILES string of the molecule is CCCC(C)(C)CC(=O)N1CCN(CCO[N+](=O)[O-])CC1. The molecule has 7 heteroatoms. The fourth-order valence-electron chi connectivity index (χ4n) is 2.75. The number of piperazine rings is 1. The van der Waals surface area contributed by atoms with Crippen LogP contribution in [0.5, 0.6) is 0 Å². The maximum absolute atomic E-state index is 12.3. The van der Waals surface area contributed by atoms with Crippen molar-refractivity contribution in [3.8, 4) is 0 Å². The molecule has 0 radical (unpaired) electrons. The van der Waals surface area contributed by atoms with Crippen molar-refractivity contribution in [1.29, 1.82) is 0 Å². The van der Waals surface area contributed by atoms with Crippen molar-refractivity contribution in [2.75, 3.05) is 39.3 Å². The highest BCUT2D eigenvalue weighted by Crippen LogP contribution is 2.27. The third-order valence-electron chi connectivity index (χ3n) is 3.89. The highest BCUT2D eigenvalue weighted by Gasteiger charge is 2.26. The van der Waals surface area contributed by atoms with Crippen LogP contribution in [0.25, 0.3) is 0 Å². The lowest BCUT2D eigenvalue weighted by Gasteiger charge is -2.36. The quantitative estimate of drug-likeness (QED) is 0.502. The maximum Gasteiger partial charge on any atom is 0.294 e. The fourth-order valence-corrected chi connectivity index (χ4v) is 2.75. The summed E-state index contributed by atoms with van der Waals surface area (Å²) < 4.78 is 0. The summed E-state index contributed by atoms with van der Waals surface area (Å²) >= 11 is 0. The predicted octanol–water partition coefficient (Wildman–Crippen LogP) is 1.56. The molecule has 0 aliphatic carbocycles. The molecule has 0 aromatic carbocycles. The molecule has 0 aromatic rings. The van der Waals surface area contributed by atoms with Gasteiger partial charge in [0.1, 0.15) is 6.61 Å². The molecule has 1 aliphatic heterocycles. The zero-order valence-electron chi connectivity index (χ0n) is 13.3. The van der Waals surface area contributed by atoms with Gasteiger partial charge in [0.05, 0.1) is 0 Å². The monoisotopic (exact) mass is 301 g/mol. The second-order valence-corrected chi connectivity index (χ2v) is 6.37. The van der Waals surface area contributed by atoms with Crippen LogP contribution < -0.4 is 0 Å². The van der Waals surface area contributed by atoms with E-state index in [2.05, 4.69) is 30.5 Å². The van der Waals surface area contributed by atoms with Crippen LogP contribution in [0.4, 0.5) is 0 Å². The van der Waals surface area contributed by atoms with Crippen molar-refractivity contribution in [1.82, 2.24) is 9.80 Å². The van der Waals surface area contributed by atoms with Crippen LogP contribution in [0.1, 0.15) is 40.0 Å². The number of amides is 1. The topological polar surface area (TPSA) is 75.9 Å². The normalized spacial score (nSPS) is 16.8. The van der Waals surface area contributed by atoms with Gasteiger partial charge in [-0.25, -0.2) is 0 Å². The summed E-state index contributed by atoms with van der Waals surface area (Å²) in [6.07, 6.45) is 2.73. The molecule has 0 N–H and O–H groups in total. The summed E-state index contributed by atoms with van der Waals surface area (Å²) in [6, 6.07) is 0. The van der Waals surface area contributed by atoms with Crippen LogP contribution in [-0.4, -0.2) is 60.1 Å². The minimum atomic E-state index is -0.768. The molecule has 1 amide bonds. The van der Waals surface area contributed by atoms with Crippen molar-refractivity contribution < 1.29 is 14.7 Å². The predicted molar refractivity (Wildman–Crippen MR) is 79.3 cm³/mol. The number of rotatable bonds is 8. The zero-order valence-corrected chi connectivity index (χ0v) is 13.3. The van der Waals surface area contributed by atoms with Crippen LogP contribution in [-0.2, 0) is 9.63 Å². The van der Waals surface area contributed by atoms with E-state index < -0.39 is 5.09 Å². The summed E-state index contributed by atoms with van der Waals surface area (Å²) in [4.78, 5) is 30.7. The second-order valence-electron chi connectivity index (χ2n) is 6.37. The van der Waals surface area contributed by atoms with E-state index in [4.69, 9.17) is 0 Å².